The van der Waals surface area contributed by atoms with Gasteiger partial charge in [-0.25, -0.2) is 0 Å². The number of benzene rings is 10. The van der Waals surface area contributed by atoms with Crippen molar-refractivity contribution < 1.29 is 5.48 Å². The van der Waals surface area contributed by atoms with E-state index in [1.54, 1.807) is 0 Å². The second-order valence-electron chi connectivity index (χ2n) is 18.1. The standard InChI is InChI=1S/C64H46N2/c1-63(2)56-30-16-12-27-50(56)53-37-35-47(40-59(53)63)66(62-33-19-15-26-49(62)43-20-6-3-7-21-43)48-36-39-55-52-29-14-18-32-58(52)64(61(55)42-48)57-31-17-13-28-51(57)54-38-34-46(41-60(54)64)65(44-22-8-4-9-23-44)45-24-10-5-11-25-45/h3-42H,1-2H3/i15D,19D,26D,33D. The molecule has 13 rings (SSSR count). The molecule has 3 aliphatic rings. The zero-order chi connectivity index (χ0) is 47.5. The van der Waals surface area contributed by atoms with Gasteiger partial charge in [-0.2, -0.15) is 0 Å². The lowest BCUT2D eigenvalue weighted by Gasteiger charge is -2.34. The molecule has 0 saturated heterocycles. The summed E-state index contributed by atoms with van der Waals surface area (Å²) in [6.45, 7) is 4.54. The molecule has 3 aliphatic carbocycles. The van der Waals surface area contributed by atoms with Crippen LogP contribution in [-0.4, -0.2) is 0 Å². The van der Waals surface area contributed by atoms with E-state index < -0.39 is 5.41 Å². The van der Waals surface area contributed by atoms with Crippen LogP contribution in [-0.2, 0) is 10.8 Å². The van der Waals surface area contributed by atoms with Gasteiger partial charge in [0.25, 0.3) is 0 Å². The van der Waals surface area contributed by atoms with Crippen LogP contribution in [0.5, 0.6) is 0 Å². The lowest BCUT2D eigenvalue weighted by molar-refractivity contribution is 0.660. The van der Waals surface area contributed by atoms with E-state index in [0.717, 1.165) is 50.7 Å². The molecule has 1 unspecified atom stereocenters. The van der Waals surface area contributed by atoms with E-state index in [-0.39, 0.29) is 29.6 Å². The number of nitrogens with zero attached hydrogens (tertiary/aromatic N) is 2. The van der Waals surface area contributed by atoms with Gasteiger partial charge in [0.05, 0.1) is 16.6 Å². The highest BCUT2D eigenvalue weighted by molar-refractivity contribution is 5.98. The fraction of sp³-hybridized carbons (Fsp3) is 0.0625. The van der Waals surface area contributed by atoms with E-state index in [2.05, 4.69) is 212 Å². The summed E-state index contributed by atoms with van der Waals surface area (Å²) in [5.41, 5.74) is 19.4. The van der Waals surface area contributed by atoms with Crippen molar-refractivity contribution in [2.24, 2.45) is 0 Å². The average Bonchev–Trinajstić information content (AvgIpc) is 3.96. The molecule has 2 heteroatoms. The number of hydrogen-bond donors (Lipinski definition) is 0. The van der Waals surface area contributed by atoms with Crippen molar-refractivity contribution in [3.8, 4) is 44.5 Å². The Bertz CT molecular complexity index is 3700. The predicted molar refractivity (Wildman–Crippen MR) is 275 cm³/mol. The summed E-state index contributed by atoms with van der Waals surface area (Å²) in [4.78, 5) is 4.43. The molecule has 1 atom stereocenters. The van der Waals surface area contributed by atoms with E-state index in [9.17, 15) is 4.11 Å². The summed E-state index contributed by atoms with van der Waals surface area (Å²) in [5, 5.41) is 0. The van der Waals surface area contributed by atoms with Crippen LogP contribution in [0.1, 0.15) is 52.7 Å². The van der Waals surface area contributed by atoms with Crippen LogP contribution in [0.4, 0.5) is 34.1 Å². The van der Waals surface area contributed by atoms with Crippen LogP contribution in [0.25, 0.3) is 44.5 Å². The average molecular weight is 847 g/mol. The van der Waals surface area contributed by atoms with Crippen LogP contribution in [0, 0.1) is 0 Å². The van der Waals surface area contributed by atoms with E-state index in [1.165, 1.54) is 44.5 Å². The van der Waals surface area contributed by atoms with Gasteiger partial charge in [-0.3, -0.25) is 0 Å². The Morgan fingerprint density at radius 2 is 0.712 bits per heavy atom. The van der Waals surface area contributed by atoms with Crippen molar-refractivity contribution in [2.75, 3.05) is 9.80 Å². The first kappa shape index (κ1) is 34.2. The van der Waals surface area contributed by atoms with Gasteiger partial charge in [0.2, 0.25) is 0 Å². The third kappa shape index (κ3) is 5.48. The molecular formula is C64H46N2. The maximum absolute atomic E-state index is 9.87. The quantitative estimate of drug-likeness (QED) is 0.158. The molecule has 312 valence electrons. The Kier molecular flexibility index (Phi) is 7.61. The maximum Gasteiger partial charge on any atom is 0.0727 e. The molecule has 0 aliphatic heterocycles. The lowest BCUT2D eigenvalue weighted by atomic mass is 9.70. The molecule has 2 nitrogen and oxygen atoms in total. The molecule has 66 heavy (non-hydrogen) atoms. The fourth-order valence-corrected chi connectivity index (χ4v) is 11.5. The van der Waals surface area contributed by atoms with Crippen molar-refractivity contribution in [2.45, 2.75) is 24.7 Å². The zero-order valence-electron chi connectivity index (χ0n) is 40.7. The molecule has 1 spiro atoms. The second kappa shape index (κ2) is 14.7. The molecule has 0 aromatic heterocycles. The summed E-state index contributed by atoms with van der Waals surface area (Å²) in [6, 6.07) is 76.5. The van der Waals surface area contributed by atoms with Gasteiger partial charge >= 0.3 is 0 Å². The number of hydrogen-bond acceptors (Lipinski definition) is 2. The minimum Gasteiger partial charge on any atom is -0.310 e. The molecular weight excluding hydrogens is 797 g/mol. The Morgan fingerprint density at radius 3 is 1.26 bits per heavy atom. The van der Waals surface area contributed by atoms with Crippen LogP contribution in [0.15, 0.2) is 243 Å². The van der Waals surface area contributed by atoms with Gasteiger partial charge < -0.3 is 9.80 Å². The van der Waals surface area contributed by atoms with Crippen molar-refractivity contribution in [3.63, 3.8) is 0 Å². The van der Waals surface area contributed by atoms with Crippen molar-refractivity contribution in [1.29, 1.82) is 0 Å². The normalized spacial score (nSPS) is 16.2. The molecule has 0 radical (unpaired) electrons. The number of anilines is 6. The first-order chi connectivity index (χ1) is 34.2. The Balaban J connectivity index is 1.11. The molecule has 0 bridgehead atoms. The van der Waals surface area contributed by atoms with Gasteiger partial charge in [-0.1, -0.05) is 190 Å². The Hall–Kier alpha value is -8.20. The highest BCUT2D eigenvalue weighted by atomic mass is 15.1. The summed E-state index contributed by atoms with van der Waals surface area (Å²) >= 11 is 0. The third-order valence-corrected chi connectivity index (χ3v) is 14.4. The van der Waals surface area contributed by atoms with Crippen LogP contribution >= 0.6 is 0 Å². The van der Waals surface area contributed by atoms with Crippen molar-refractivity contribution >= 4 is 34.1 Å². The number of rotatable bonds is 7. The van der Waals surface area contributed by atoms with Gasteiger partial charge in [0, 0.05) is 39.4 Å². The summed E-state index contributed by atoms with van der Waals surface area (Å²) in [5.74, 6) is 0. The van der Waals surface area contributed by atoms with E-state index in [4.69, 9.17) is 1.37 Å². The summed E-state index contributed by atoms with van der Waals surface area (Å²) < 4.78 is 37.7. The van der Waals surface area contributed by atoms with E-state index in [0.29, 0.717) is 16.8 Å². The highest BCUT2D eigenvalue weighted by Crippen LogP contribution is 2.64. The van der Waals surface area contributed by atoms with Crippen LogP contribution in [0.2, 0.25) is 0 Å². The summed E-state index contributed by atoms with van der Waals surface area (Å²) in [6.07, 6.45) is 0. The monoisotopic (exact) mass is 846 g/mol. The number of para-hydroxylation sites is 3. The number of fused-ring (bicyclic) bond motifs is 13. The minimum absolute atomic E-state index is 0.0845. The largest absolute Gasteiger partial charge is 0.310 e. The highest BCUT2D eigenvalue weighted by Gasteiger charge is 2.52. The molecule has 0 saturated carbocycles. The smallest absolute Gasteiger partial charge is 0.0727 e. The van der Waals surface area contributed by atoms with Crippen molar-refractivity contribution in [1.82, 2.24) is 0 Å². The Labute approximate surface area is 393 Å². The van der Waals surface area contributed by atoms with Gasteiger partial charge in [0.1, 0.15) is 0 Å². The summed E-state index contributed by atoms with van der Waals surface area (Å²) in [7, 11) is 0. The molecule has 10 aromatic carbocycles. The molecule has 10 aromatic rings. The molecule has 0 fully saturated rings. The first-order valence-corrected chi connectivity index (χ1v) is 22.8. The SMILES string of the molecule is [2H]c1c([2H])c([2H])c(N(c2ccc3c(c2)C(C)(C)c2ccccc2-3)c2ccc3c(c2)C2(c4ccccc4-c4ccc(N(c5ccccc5)c5ccccc5)cc42)c2ccccc2-3)c(-c2ccccc2)c1[2H]. The van der Waals surface area contributed by atoms with Crippen LogP contribution in [0.3, 0.4) is 0 Å². The van der Waals surface area contributed by atoms with E-state index in [1.807, 2.05) is 30.3 Å². The molecule has 0 amide bonds. The minimum atomic E-state index is -0.742. The van der Waals surface area contributed by atoms with Gasteiger partial charge in [-0.15, -0.1) is 0 Å². The molecule has 0 N–H and O–H groups in total. The fourth-order valence-electron chi connectivity index (χ4n) is 11.5. The van der Waals surface area contributed by atoms with E-state index >= 15 is 0 Å². The first-order valence-electron chi connectivity index (χ1n) is 24.8. The van der Waals surface area contributed by atoms with Crippen LogP contribution < -0.4 is 9.80 Å². The Morgan fingerprint density at radius 1 is 0.318 bits per heavy atom. The van der Waals surface area contributed by atoms with Crippen molar-refractivity contribution in [3.05, 3.63) is 276 Å². The molecule has 0 heterocycles. The third-order valence-electron chi connectivity index (χ3n) is 14.4. The lowest BCUT2D eigenvalue weighted by Crippen LogP contribution is -2.26. The maximum atomic E-state index is 9.87. The van der Waals surface area contributed by atoms with Gasteiger partial charge in [0.15, 0.2) is 0 Å². The predicted octanol–water partition coefficient (Wildman–Crippen LogP) is 16.9. The topological polar surface area (TPSA) is 6.48 Å². The second-order valence-corrected chi connectivity index (χ2v) is 18.1. The zero-order valence-corrected chi connectivity index (χ0v) is 36.7. The van der Waals surface area contributed by atoms with Gasteiger partial charge in [-0.05, 0) is 139 Å².